The third kappa shape index (κ3) is 2.69. The number of nitrogens with zero attached hydrogens (tertiary/aromatic N) is 2. The highest BCUT2D eigenvalue weighted by atomic mass is 32.1. The predicted molar refractivity (Wildman–Crippen MR) is 63.8 cm³/mol. The van der Waals surface area contributed by atoms with Crippen LogP contribution in [0.2, 0.25) is 0 Å². The van der Waals surface area contributed by atoms with Crippen molar-refractivity contribution < 1.29 is 9.21 Å². The monoisotopic (exact) mass is 252 g/mol. The lowest BCUT2D eigenvalue weighted by Crippen LogP contribution is -2.28. The van der Waals surface area contributed by atoms with Crippen LogP contribution in [0, 0.1) is 0 Å². The van der Waals surface area contributed by atoms with Crippen molar-refractivity contribution in [3.8, 4) is 0 Å². The first kappa shape index (κ1) is 11.7. The van der Waals surface area contributed by atoms with Crippen molar-refractivity contribution in [3.63, 3.8) is 0 Å². The number of hydrogen-bond acceptors (Lipinski definition) is 6. The molecule has 2 rings (SSSR count). The number of carbonyl (C=O) groups excluding carboxylic acids is 1. The Kier molecular flexibility index (Phi) is 2.95. The Labute approximate surface area is 102 Å². The van der Waals surface area contributed by atoms with Crippen LogP contribution in [0.4, 0.5) is 5.13 Å². The molecule has 0 aliphatic heterocycles. The summed E-state index contributed by atoms with van der Waals surface area (Å²) >= 11 is 1.24. The van der Waals surface area contributed by atoms with Crippen LogP contribution in [0.1, 0.15) is 29.4 Å². The fraction of sp³-hybridized carbons (Fsp3) is 0.300. The zero-order valence-electron chi connectivity index (χ0n) is 9.43. The molecule has 0 aliphatic carbocycles. The van der Waals surface area contributed by atoms with Gasteiger partial charge in [0.15, 0.2) is 5.76 Å². The molecule has 90 valence electrons. The number of amides is 1. The van der Waals surface area contributed by atoms with Crippen molar-refractivity contribution in [2.45, 2.75) is 19.4 Å². The Morgan fingerprint density at radius 2 is 2.29 bits per heavy atom. The molecular weight excluding hydrogens is 240 g/mol. The van der Waals surface area contributed by atoms with Gasteiger partial charge < -0.3 is 10.2 Å². The zero-order valence-corrected chi connectivity index (χ0v) is 10.2. The molecule has 0 aromatic carbocycles. The van der Waals surface area contributed by atoms with E-state index in [0.29, 0.717) is 10.1 Å². The third-order valence-electron chi connectivity index (χ3n) is 1.94. The molecule has 0 bridgehead atoms. The Hall–Kier alpha value is -1.73. The molecule has 0 aliphatic rings. The Morgan fingerprint density at radius 1 is 1.53 bits per heavy atom. The molecule has 6 nitrogen and oxygen atoms in total. The third-order valence-corrected chi connectivity index (χ3v) is 3.12. The summed E-state index contributed by atoms with van der Waals surface area (Å²) < 4.78 is 4.96. The molecule has 2 aromatic rings. The zero-order chi connectivity index (χ0) is 12.5. The van der Waals surface area contributed by atoms with Gasteiger partial charge in [-0.2, -0.15) is 0 Å². The minimum absolute atomic E-state index is 0.230. The number of anilines is 1. The molecule has 7 heteroatoms. The van der Waals surface area contributed by atoms with E-state index < -0.39 is 5.54 Å². The van der Waals surface area contributed by atoms with Crippen molar-refractivity contribution in [1.82, 2.24) is 10.2 Å². The number of hydrogen-bond donors (Lipinski definition) is 2. The second-order valence-electron chi connectivity index (χ2n) is 4.07. The molecule has 0 saturated heterocycles. The van der Waals surface area contributed by atoms with E-state index in [1.165, 1.54) is 17.6 Å². The van der Waals surface area contributed by atoms with Crippen molar-refractivity contribution >= 4 is 22.4 Å². The van der Waals surface area contributed by atoms with Crippen LogP contribution in [-0.2, 0) is 5.54 Å². The number of nitrogens with two attached hydrogens (primary N) is 1. The summed E-state index contributed by atoms with van der Waals surface area (Å²) in [6.07, 6.45) is 1.43. The molecular formula is C10H12N4O2S. The second kappa shape index (κ2) is 4.27. The quantitative estimate of drug-likeness (QED) is 0.864. The van der Waals surface area contributed by atoms with Crippen molar-refractivity contribution in [3.05, 3.63) is 29.2 Å². The van der Waals surface area contributed by atoms with E-state index in [0.717, 1.165) is 0 Å². The summed E-state index contributed by atoms with van der Waals surface area (Å²) in [5.41, 5.74) is 5.31. The van der Waals surface area contributed by atoms with Crippen LogP contribution >= 0.6 is 11.3 Å². The molecule has 2 aromatic heterocycles. The normalized spacial score (nSPS) is 11.5. The number of nitrogens with one attached hydrogen (secondary N) is 1. The lowest BCUT2D eigenvalue weighted by molar-refractivity contribution is 0.0996. The smallest absolute Gasteiger partial charge is 0.293 e. The van der Waals surface area contributed by atoms with Crippen LogP contribution in [0.15, 0.2) is 22.8 Å². The van der Waals surface area contributed by atoms with Gasteiger partial charge in [-0.25, -0.2) is 0 Å². The van der Waals surface area contributed by atoms with Gasteiger partial charge >= 0.3 is 0 Å². The molecule has 0 spiro atoms. The maximum Gasteiger partial charge on any atom is 0.293 e. The summed E-state index contributed by atoms with van der Waals surface area (Å²) in [6, 6.07) is 3.22. The Balaban J connectivity index is 2.10. The highest BCUT2D eigenvalue weighted by molar-refractivity contribution is 7.15. The minimum Gasteiger partial charge on any atom is -0.459 e. The fourth-order valence-electron chi connectivity index (χ4n) is 1.10. The molecule has 3 N–H and O–H groups in total. The van der Waals surface area contributed by atoms with Crippen LogP contribution in [0.25, 0.3) is 0 Å². The lowest BCUT2D eigenvalue weighted by atomic mass is 10.1. The molecule has 0 saturated carbocycles. The summed E-state index contributed by atoms with van der Waals surface area (Å²) in [7, 11) is 0. The largest absolute Gasteiger partial charge is 0.459 e. The molecule has 17 heavy (non-hydrogen) atoms. The molecule has 0 radical (unpaired) electrons. The maximum atomic E-state index is 11.6. The number of rotatable bonds is 3. The average molecular weight is 252 g/mol. The van der Waals surface area contributed by atoms with Crippen LogP contribution in [-0.4, -0.2) is 16.1 Å². The van der Waals surface area contributed by atoms with Gasteiger partial charge in [-0.05, 0) is 26.0 Å². The van der Waals surface area contributed by atoms with E-state index >= 15 is 0 Å². The van der Waals surface area contributed by atoms with Gasteiger partial charge in [-0.1, -0.05) is 11.3 Å². The van der Waals surface area contributed by atoms with Crippen LogP contribution in [0.5, 0.6) is 0 Å². The SMILES string of the molecule is CC(C)(N)c1nnc(NC(=O)c2ccco2)s1. The van der Waals surface area contributed by atoms with E-state index in [4.69, 9.17) is 10.2 Å². The van der Waals surface area contributed by atoms with E-state index in [2.05, 4.69) is 15.5 Å². The molecule has 0 fully saturated rings. The Morgan fingerprint density at radius 3 is 2.82 bits per heavy atom. The van der Waals surface area contributed by atoms with E-state index in [9.17, 15) is 4.79 Å². The lowest BCUT2D eigenvalue weighted by Gasteiger charge is -2.12. The molecule has 0 unspecified atom stereocenters. The second-order valence-corrected chi connectivity index (χ2v) is 5.04. The first-order chi connectivity index (χ1) is 7.97. The van der Waals surface area contributed by atoms with Gasteiger partial charge in [0, 0.05) is 0 Å². The highest BCUT2D eigenvalue weighted by Gasteiger charge is 2.21. The summed E-state index contributed by atoms with van der Waals surface area (Å²) in [5, 5.41) is 11.4. The Bertz CT molecular complexity index is 513. The number of furan rings is 1. The topological polar surface area (TPSA) is 94.0 Å². The predicted octanol–water partition coefficient (Wildman–Crippen LogP) is 1.58. The highest BCUT2D eigenvalue weighted by Crippen LogP contribution is 2.24. The summed E-state index contributed by atoms with van der Waals surface area (Å²) in [6.45, 7) is 3.65. The first-order valence-electron chi connectivity index (χ1n) is 4.94. The van der Waals surface area contributed by atoms with Gasteiger partial charge in [0.1, 0.15) is 5.01 Å². The van der Waals surface area contributed by atoms with Crippen LogP contribution in [0.3, 0.4) is 0 Å². The molecule has 1 amide bonds. The average Bonchev–Trinajstić information content (AvgIpc) is 2.85. The minimum atomic E-state index is -0.564. The summed E-state index contributed by atoms with van der Waals surface area (Å²) in [4.78, 5) is 11.6. The van der Waals surface area contributed by atoms with E-state index in [1.54, 1.807) is 12.1 Å². The summed E-state index contributed by atoms with van der Waals surface area (Å²) in [5.74, 6) is -0.124. The fourth-order valence-corrected chi connectivity index (χ4v) is 1.85. The van der Waals surface area contributed by atoms with Gasteiger partial charge in [0.25, 0.3) is 5.91 Å². The van der Waals surface area contributed by atoms with Gasteiger partial charge in [0.2, 0.25) is 5.13 Å². The number of aromatic nitrogens is 2. The standard InChI is InChI=1S/C10H12N4O2S/c1-10(2,11)8-13-14-9(17-8)12-7(15)6-4-3-5-16-6/h3-5H,11H2,1-2H3,(H,12,14,15). The molecule has 0 atom stereocenters. The van der Waals surface area contributed by atoms with Crippen LogP contribution < -0.4 is 11.1 Å². The van der Waals surface area contributed by atoms with Crippen molar-refractivity contribution in [2.24, 2.45) is 5.73 Å². The van der Waals surface area contributed by atoms with E-state index in [1.807, 2.05) is 13.8 Å². The van der Waals surface area contributed by atoms with Gasteiger partial charge in [-0.15, -0.1) is 10.2 Å². The maximum absolute atomic E-state index is 11.6. The van der Waals surface area contributed by atoms with Crippen molar-refractivity contribution in [2.75, 3.05) is 5.32 Å². The van der Waals surface area contributed by atoms with Gasteiger partial charge in [0.05, 0.1) is 11.8 Å². The van der Waals surface area contributed by atoms with Crippen molar-refractivity contribution in [1.29, 1.82) is 0 Å². The van der Waals surface area contributed by atoms with E-state index in [-0.39, 0.29) is 11.7 Å². The van der Waals surface area contributed by atoms with Gasteiger partial charge in [-0.3, -0.25) is 10.1 Å². The number of carbonyl (C=O) groups is 1. The molecule has 2 heterocycles. The first-order valence-corrected chi connectivity index (χ1v) is 5.76.